The van der Waals surface area contributed by atoms with Gasteiger partial charge in [0.2, 0.25) is 0 Å². The molecule has 0 saturated heterocycles. The highest BCUT2D eigenvalue weighted by Crippen LogP contribution is 2.29. The minimum absolute atomic E-state index is 0.500. The van der Waals surface area contributed by atoms with Gasteiger partial charge in [-0.15, -0.1) is 0 Å². The minimum Gasteiger partial charge on any atom is -0.298 e. The van der Waals surface area contributed by atoms with Gasteiger partial charge in [-0.1, -0.05) is 29.8 Å². The Labute approximate surface area is 112 Å². The summed E-state index contributed by atoms with van der Waals surface area (Å²) in [5, 5.41) is 0.500. The average molecular weight is 259 g/mol. The van der Waals surface area contributed by atoms with Crippen LogP contribution in [0.4, 0.5) is 0 Å². The lowest BCUT2D eigenvalue weighted by Gasteiger charge is -2.11. The van der Waals surface area contributed by atoms with Crippen LogP contribution in [0.2, 0.25) is 5.02 Å². The first kappa shape index (κ1) is 12.8. The molecular weight excluding hydrogens is 244 g/mol. The average Bonchev–Trinajstić information content (AvgIpc) is 2.33. The van der Waals surface area contributed by atoms with E-state index in [1.807, 2.05) is 12.1 Å². The highest BCUT2D eigenvalue weighted by atomic mass is 35.5. The van der Waals surface area contributed by atoms with Crippen molar-refractivity contribution in [3.05, 3.63) is 57.6 Å². The molecule has 0 atom stereocenters. The van der Waals surface area contributed by atoms with Gasteiger partial charge in [0.1, 0.15) is 0 Å². The highest BCUT2D eigenvalue weighted by molar-refractivity contribution is 6.33. The van der Waals surface area contributed by atoms with Crippen LogP contribution < -0.4 is 0 Å². The van der Waals surface area contributed by atoms with Crippen molar-refractivity contribution in [2.45, 2.75) is 20.8 Å². The van der Waals surface area contributed by atoms with Crippen molar-refractivity contribution >= 4 is 17.9 Å². The maximum Gasteiger partial charge on any atom is 0.151 e. The third-order valence-corrected chi connectivity index (χ3v) is 3.61. The molecule has 2 heteroatoms. The van der Waals surface area contributed by atoms with Gasteiger partial charge in [0, 0.05) is 5.56 Å². The Morgan fingerprint density at radius 1 is 0.944 bits per heavy atom. The fourth-order valence-corrected chi connectivity index (χ4v) is 2.29. The van der Waals surface area contributed by atoms with E-state index < -0.39 is 0 Å². The van der Waals surface area contributed by atoms with Gasteiger partial charge >= 0.3 is 0 Å². The van der Waals surface area contributed by atoms with Gasteiger partial charge in [0.15, 0.2) is 6.29 Å². The van der Waals surface area contributed by atoms with Crippen LogP contribution in [0.25, 0.3) is 11.1 Å². The molecule has 2 aromatic rings. The molecular formula is C16H15ClO. The first-order chi connectivity index (χ1) is 8.52. The molecule has 0 heterocycles. The molecule has 1 nitrogen and oxygen atoms in total. The molecule has 0 N–H and O–H groups in total. The lowest BCUT2D eigenvalue weighted by Crippen LogP contribution is -1.90. The topological polar surface area (TPSA) is 17.1 Å². The molecule has 2 rings (SSSR count). The third kappa shape index (κ3) is 2.32. The smallest absolute Gasteiger partial charge is 0.151 e. The van der Waals surface area contributed by atoms with Gasteiger partial charge in [-0.3, -0.25) is 4.79 Å². The highest BCUT2D eigenvalue weighted by Gasteiger charge is 2.07. The van der Waals surface area contributed by atoms with E-state index in [0.29, 0.717) is 10.6 Å². The van der Waals surface area contributed by atoms with E-state index in [9.17, 15) is 4.79 Å². The lowest BCUT2D eigenvalue weighted by atomic mass is 9.95. The molecule has 0 saturated carbocycles. The number of aryl methyl sites for hydroxylation is 3. The number of benzene rings is 2. The Hall–Kier alpha value is -1.60. The third-order valence-electron chi connectivity index (χ3n) is 3.28. The zero-order chi connectivity index (χ0) is 13.3. The summed E-state index contributed by atoms with van der Waals surface area (Å²) in [6.07, 6.45) is 0.777. The Kier molecular flexibility index (Phi) is 3.53. The fourth-order valence-electron chi connectivity index (χ4n) is 2.06. The Bertz CT molecular complexity index is 615. The molecule has 0 amide bonds. The summed E-state index contributed by atoms with van der Waals surface area (Å²) in [4.78, 5) is 10.8. The molecule has 0 aliphatic heterocycles. The summed E-state index contributed by atoms with van der Waals surface area (Å²) in [5.74, 6) is 0. The number of aldehydes is 1. The summed E-state index contributed by atoms with van der Waals surface area (Å²) >= 11 is 6.07. The van der Waals surface area contributed by atoms with Crippen LogP contribution in [0.5, 0.6) is 0 Å². The summed E-state index contributed by atoms with van der Waals surface area (Å²) in [6, 6.07) is 9.89. The standard InChI is InChI=1S/C16H15ClO/c1-10-6-12(3)15(7-11(10)2)13-4-5-14(9-18)16(17)8-13/h4-9H,1-3H3. The number of hydrogen-bond donors (Lipinski definition) is 0. The maximum absolute atomic E-state index is 10.8. The van der Waals surface area contributed by atoms with E-state index in [2.05, 4.69) is 32.9 Å². The number of halogens is 1. The summed E-state index contributed by atoms with van der Waals surface area (Å²) < 4.78 is 0. The van der Waals surface area contributed by atoms with Gasteiger partial charge < -0.3 is 0 Å². The summed E-state index contributed by atoms with van der Waals surface area (Å²) in [7, 11) is 0. The van der Waals surface area contributed by atoms with Crippen LogP contribution in [0.3, 0.4) is 0 Å². The predicted octanol–water partition coefficient (Wildman–Crippen LogP) is 4.74. The van der Waals surface area contributed by atoms with Crippen molar-refractivity contribution in [1.29, 1.82) is 0 Å². The van der Waals surface area contributed by atoms with Crippen molar-refractivity contribution in [1.82, 2.24) is 0 Å². The fraction of sp³-hybridized carbons (Fsp3) is 0.188. The monoisotopic (exact) mass is 258 g/mol. The predicted molar refractivity (Wildman–Crippen MR) is 76.5 cm³/mol. The van der Waals surface area contributed by atoms with Crippen molar-refractivity contribution in [2.24, 2.45) is 0 Å². The minimum atomic E-state index is 0.500. The van der Waals surface area contributed by atoms with Gasteiger partial charge in [0.25, 0.3) is 0 Å². The Morgan fingerprint density at radius 3 is 2.22 bits per heavy atom. The molecule has 0 spiro atoms. The van der Waals surface area contributed by atoms with Gasteiger partial charge in [0.05, 0.1) is 5.02 Å². The maximum atomic E-state index is 10.8. The molecule has 0 aliphatic carbocycles. The van der Waals surface area contributed by atoms with Crippen LogP contribution in [-0.2, 0) is 0 Å². The normalized spacial score (nSPS) is 10.4. The van der Waals surface area contributed by atoms with Crippen LogP contribution in [0.15, 0.2) is 30.3 Å². The number of hydrogen-bond acceptors (Lipinski definition) is 1. The van der Waals surface area contributed by atoms with Crippen LogP contribution >= 0.6 is 11.6 Å². The SMILES string of the molecule is Cc1cc(C)c(-c2ccc(C=O)c(Cl)c2)cc1C. The number of carbonyl (C=O) groups is 1. The molecule has 2 aromatic carbocycles. The molecule has 0 aromatic heterocycles. The van der Waals surface area contributed by atoms with Crippen LogP contribution in [-0.4, -0.2) is 6.29 Å². The van der Waals surface area contributed by atoms with Crippen molar-refractivity contribution < 1.29 is 4.79 Å². The van der Waals surface area contributed by atoms with Crippen molar-refractivity contribution in [2.75, 3.05) is 0 Å². The van der Waals surface area contributed by atoms with Crippen molar-refractivity contribution in [3.8, 4) is 11.1 Å². The second kappa shape index (κ2) is 4.95. The van der Waals surface area contributed by atoms with E-state index in [1.165, 1.54) is 16.7 Å². The zero-order valence-corrected chi connectivity index (χ0v) is 11.5. The van der Waals surface area contributed by atoms with Gasteiger partial charge in [-0.2, -0.15) is 0 Å². The van der Waals surface area contributed by atoms with E-state index in [-0.39, 0.29) is 0 Å². The second-order valence-corrected chi connectivity index (χ2v) is 5.01. The largest absolute Gasteiger partial charge is 0.298 e. The van der Waals surface area contributed by atoms with E-state index >= 15 is 0 Å². The van der Waals surface area contributed by atoms with Gasteiger partial charge in [-0.05, 0) is 60.7 Å². The van der Waals surface area contributed by atoms with E-state index in [0.717, 1.165) is 17.4 Å². The Morgan fingerprint density at radius 2 is 1.61 bits per heavy atom. The first-order valence-electron chi connectivity index (χ1n) is 5.86. The van der Waals surface area contributed by atoms with Crippen LogP contribution in [0.1, 0.15) is 27.0 Å². The number of rotatable bonds is 2. The zero-order valence-electron chi connectivity index (χ0n) is 10.8. The Balaban J connectivity index is 2.58. The van der Waals surface area contributed by atoms with E-state index in [4.69, 9.17) is 11.6 Å². The van der Waals surface area contributed by atoms with Gasteiger partial charge in [-0.25, -0.2) is 0 Å². The quantitative estimate of drug-likeness (QED) is 0.711. The molecule has 92 valence electrons. The molecule has 0 bridgehead atoms. The molecule has 0 fully saturated rings. The van der Waals surface area contributed by atoms with Crippen LogP contribution in [0, 0.1) is 20.8 Å². The second-order valence-electron chi connectivity index (χ2n) is 4.61. The van der Waals surface area contributed by atoms with Crippen molar-refractivity contribution in [3.63, 3.8) is 0 Å². The molecule has 0 unspecified atom stereocenters. The number of carbonyl (C=O) groups excluding carboxylic acids is 1. The lowest BCUT2D eigenvalue weighted by molar-refractivity contribution is 0.112. The first-order valence-corrected chi connectivity index (χ1v) is 6.23. The molecule has 0 aliphatic rings. The van der Waals surface area contributed by atoms with E-state index in [1.54, 1.807) is 6.07 Å². The molecule has 18 heavy (non-hydrogen) atoms. The summed E-state index contributed by atoms with van der Waals surface area (Å²) in [5.41, 5.74) is 6.50. The summed E-state index contributed by atoms with van der Waals surface area (Å²) in [6.45, 7) is 6.29. The molecule has 0 radical (unpaired) electrons.